The quantitative estimate of drug-likeness (QED) is 0.714. The number of aromatic nitrogens is 1. The van der Waals surface area contributed by atoms with Crippen LogP contribution in [0.4, 0.5) is 0 Å². The van der Waals surface area contributed by atoms with Crippen molar-refractivity contribution in [3.8, 4) is 0 Å². The van der Waals surface area contributed by atoms with E-state index >= 15 is 0 Å². The molecule has 1 rings (SSSR count). The summed E-state index contributed by atoms with van der Waals surface area (Å²) in [7, 11) is 0.303. The summed E-state index contributed by atoms with van der Waals surface area (Å²) in [5, 5.41) is 0. The zero-order valence-electron chi connectivity index (χ0n) is 12.4. The van der Waals surface area contributed by atoms with Crippen LogP contribution in [0.3, 0.4) is 0 Å². The Hall–Kier alpha value is -1.87. The van der Waals surface area contributed by atoms with Crippen molar-refractivity contribution >= 4 is 21.9 Å². The SMILES string of the molecule is COC(=O)C(C)CN(C)S(=O)(=O)c1cc(C(N)=O)n(C)c1. The van der Waals surface area contributed by atoms with Gasteiger partial charge in [-0.25, -0.2) is 12.7 Å². The third-order valence-electron chi connectivity index (χ3n) is 3.08. The van der Waals surface area contributed by atoms with Gasteiger partial charge in [0.2, 0.25) is 10.0 Å². The van der Waals surface area contributed by atoms with Crippen molar-refractivity contribution in [2.24, 2.45) is 18.7 Å². The monoisotopic (exact) mass is 317 g/mol. The standard InChI is InChI=1S/C12H19N3O5S/c1-8(12(17)20-4)6-15(3)21(18,19)9-5-10(11(13)16)14(2)7-9/h5,7-8H,6H2,1-4H3,(H2,13,16). The van der Waals surface area contributed by atoms with E-state index in [0.29, 0.717) is 0 Å². The van der Waals surface area contributed by atoms with Gasteiger partial charge in [0.1, 0.15) is 10.6 Å². The van der Waals surface area contributed by atoms with Crippen molar-refractivity contribution in [1.29, 1.82) is 0 Å². The summed E-state index contributed by atoms with van der Waals surface area (Å²) in [5.74, 6) is -1.82. The third kappa shape index (κ3) is 3.61. The van der Waals surface area contributed by atoms with Crippen molar-refractivity contribution in [3.05, 3.63) is 18.0 Å². The summed E-state index contributed by atoms with van der Waals surface area (Å²) in [4.78, 5) is 22.5. The van der Waals surface area contributed by atoms with Crippen molar-refractivity contribution in [2.75, 3.05) is 20.7 Å². The number of nitrogens with zero attached hydrogens (tertiary/aromatic N) is 2. The molecular weight excluding hydrogens is 298 g/mol. The first kappa shape index (κ1) is 17.2. The predicted octanol–water partition coefficient (Wildman–Crippen LogP) is -0.446. The zero-order valence-corrected chi connectivity index (χ0v) is 13.2. The molecule has 0 aliphatic rings. The van der Waals surface area contributed by atoms with Gasteiger partial charge in [0, 0.05) is 26.8 Å². The van der Waals surface area contributed by atoms with Gasteiger partial charge in [-0.3, -0.25) is 9.59 Å². The molecule has 0 aromatic carbocycles. The fraction of sp³-hybridized carbons (Fsp3) is 0.500. The number of aryl methyl sites for hydroxylation is 1. The van der Waals surface area contributed by atoms with Crippen LogP contribution < -0.4 is 5.73 Å². The van der Waals surface area contributed by atoms with Gasteiger partial charge < -0.3 is 15.0 Å². The number of hydrogen-bond donors (Lipinski definition) is 1. The lowest BCUT2D eigenvalue weighted by atomic mass is 10.2. The fourth-order valence-corrected chi connectivity index (χ4v) is 3.19. The number of carbonyl (C=O) groups excluding carboxylic acids is 2. The minimum absolute atomic E-state index is 0.0319. The lowest BCUT2D eigenvalue weighted by Crippen LogP contribution is -2.34. The maximum Gasteiger partial charge on any atom is 0.309 e. The Labute approximate surface area is 123 Å². The molecule has 8 nitrogen and oxygen atoms in total. The highest BCUT2D eigenvalue weighted by molar-refractivity contribution is 7.89. The van der Waals surface area contributed by atoms with E-state index in [4.69, 9.17) is 5.73 Å². The van der Waals surface area contributed by atoms with Gasteiger partial charge in [-0.05, 0) is 6.07 Å². The minimum atomic E-state index is -3.81. The number of ether oxygens (including phenoxy) is 1. The van der Waals surface area contributed by atoms with Crippen LogP contribution in [0.5, 0.6) is 0 Å². The van der Waals surface area contributed by atoms with Crippen LogP contribution in [-0.4, -0.2) is 49.9 Å². The largest absolute Gasteiger partial charge is 0.469 e. The maximum absolute atomic E-state index is 12.4. The second kappa shape index (κ2) is 6.27. The average Bonchev–Trinajstić information content (AvgIpc) is 2.80. The van der Waals surface area contributed by atoms with E-state index in [1.165, 1.54) is 38.0 Å². The number of nitrogens with two attached hydrogens (primary N) is 1. The first-order valence-corrected chi connectivity index (χ1v) is 7.55. The Balaban J connectivity index is 3.03. The highest BCUT2D eigenvalue weighted by Gasteiger charge is 2.27. The number of primary amides is 1. The number of esters is 1. The molecule has 1 aromatic heterocycles. The molecule has 0 fully saturated rings. The van der Waals surface area contributed by atoms with Crippen LogP contribution in [-0.2, 0) is 26.6 Å². The molecule has 9 heteroatoms. The molecule has 0 aliphatic heterocycles. The molecule has 1 unspecified atom stereocenters. The van der Waals surface area contributed by atoms with Gasteiger partial charge in [-0.15, -0.1) is 0 Å². The molecule has 0 bridgehead atoms. The molecule has 0 saturated heterocycles. The number of amides is 1. The summed E-state index contributed by atoms with van der Waals surface area (Å²) in [6, 6.07) is 1.21. The van der Waals surface area contributed by atoms with E-state index in [0.717, 1.165) is 4.31 Å². The molecule has 2 N–H and O–H groups in total. The molecule has 1 atom stereocenters. The molecule has 0 aliphatic carbocycles. The molecule has 0 spiro atoms. The number of rotatable bonds is 6. The van der Waals surface area contributed by atoms with E-state index in [2.05, 4.69) is 4.74 Å². The molecular formula is C12H19N3O5S. The van der Waals surface area contributed by atoms with Crippen LogP contribution in [0.25, 0.3) is 0 Å². The second-order valence-corrected chi connectivity index (χ2v) is 6.79. The minimum Gasteiger partial charge on any atom is -0.469 e. The molecule has 1 aromatic rings. The molecule has 0 saturated carbocycles. The summed E-state index contributed by atoms with van der Waals surface area (Å²) in [6.45, 7) is 1.54. The Morgan fingerprint density at radius 2 is 2.05 bits per heavy atom. The Kier molecular flexibility index (Phi) is 5.13. The van der Waals surface area contributed by atoms with Gasteiger partial charge in [0.15, 0.2) is 0 Å². The number of carbonyl (C=O) groups is 2. The molecule has 118 valence electrons. The fourth-order valence-electron chi connectivity index (χ4n) is 1.86. The molecule has 21 heavy (non-hydrogen) atoms. The van der Waals surface area contributed by atoms with E-state index in [1.807, 2.05) is 0 Å². The number of methoxy groups -OCH3 is 1. The molecule has 0 radical (unpaired) electrons. The maximum atomic E-state index is 12.4. The highest BCUT2D eigenvalue weighted by atomic mass is 32.2. The predicted molar refractivity (Wildman–Crippen MR) is 74.9 cm³/mol. The van der Waals surface area contributed by atoms with Crippen molar-refractivity contribution in [2.45, 2.75) is 11.8 Å². The summed E-state index contributed by atoms with van der Waals surface area (Å²) in [5.41, 5.74) is 5.24. The van der Waals surface area contributed by atoms with Crippen molar-refractivity contribution in [1.82, 2.24) is 8.87 Å². The van der Waals surface area contributed by atoms with Crippen LogP contribution in [0.2, 0.25) is 0 Å². The zero-order chi connectivity index (χ0) is 16.4. The van der Waals surface area contributed by atoms with Crippen molar-refractivity contribution < 1.29 is 22.7 Å². The lowest BCUT2D eigenvalue weighted by Gasteiger charge is -2.19. The first-order chi connectivity index (χ1) is 9.61. The van der Waals surface area contributed by atoms with Gasteiger partial charge in [-0.2, -0.15) is 0 Å². The van der Waals surface area contributed by atoms with Crippen LogP contribution in [0, 0.1) is 5.92 Å². The van der Waals surface area contributed by atoms with E-state index in [1.54, 1.807) is 6.92 Å². The summed E-state index contributed by atoms with van der Waals surface area (Å²) >= 11 is 0. The normalized spacial score (nSPS) is 13.2. The van der Waals surface area contributed by atoms with Gasteiger partial charge in [0.05, 0.1) is 13.0 Å². The summed E-state index contributed by atoms with van der Waals surface area (Å²) in [6.07, 6.45) is 1.30. The van der Waals surface area contributed by atoms with E-state index in [9.17, 15) is 18.0 Å². The van der Waals surface area contributed by atoms with Crippen molar-refractivity contribution in [3.63, 3.8) is 0 Å². The molecule has 1 amide bonds. The molecule has 1 heterocycles. The second-order valence-electron chi connectivity index (χ2n) is 4.75. The Bertz CT molecular complexity index is 650. The first-order valence-electron chi connectivity index (χ1n) is 6.11. The van der Waals surface area contributed by atoms with Crippen LogP contribution in [0.1, 0.15) is 17.4 Å². The number of sulfonamides is 1. The topological polar surface area (TPSA) is 112 Å². The Morgan fingerprint density at radius 1 is 1.48 bits per heavy atom. The van der Waals surface area contributed by atoms with Gasteiger partial charge >= 0.3 is 5.97 Å². The third-order valence-corrected chi connectivity index (χ3v) is 4.86. The highest BCUT2D eigenvalue weighted by Crippen LogP contribution is 2.18. The van der Waals surface area contributed by atoms with Gasteiger partial charge in [0.25, 0.3) is 5.91 Å². The number of hydrogen-bond acceptors (Lipinski definition) is 5. The van der Waals surface area contributed by atoms with Crippen LogP contribution >= 0.6 is 0 Å². The smallest absolute Gasteiger partial charge is 0.309 e. The van der Waals surface area contributed by atoms with Crippen LogP contribution in [0.15, 0.2) is 17.2 Å². The van der Waals surface area contributed by atoms with E-state index < -0.39 is 27.8 Å². The van der Waals surface area contributed by atoms with Gasteiger partial charge in [-0.1, -0.05) is 6.92 Å². The summed E-state index contributed by atoms with van der Waals surface area (Å²) < 4.78 is 31.7. The average molecular weight is 317 g/mol. The Morgan fingerprint density at radius 3 is 2.48 bits per heavy atom. The van der Waals surface area contributed by atoms with E-state index in [-0.39, 0.29) is 17.1 Å². The lowest BCUT2D eigenvalue weighted by molar-refractivity contribution is -0.144.